The van der Waals surface area contributed by atoms with Gasteiger partial charge < -0.3 is 9.47 Å². The van der Waals surface area contributed by atoms with E-state index in [0.717, 1.165) is 12.1 Å². The van der Waals surface area contributed by atoms with E-state index in [0.29, 0.717) is 0 Å². The largest absolute Gasteiger partial charge is 0.573 e. The van der Waals surface area contributed by atoms with Crippen LogP contribution in [0.2, 0.25) is 0 Å². The zero-order valence-electron chi connectivity index (χ0n) is 10.2. The summed E-state index contributed by atoms with van der Waals surface area (Å²) in [4.78, 5) is 11.6. The Bertz CT molecular complexity index is 532. The molecule has 0 amide bonds. The molecular formula is C12H10F3NO3. The highest BCUT2D eigenvalue weighted by Crippen LogP contribution is 2.27. The second-order valence-corrected chi connectivity index (χ2v) is 3.54. The fraction of sp³-hybridized carbons (Fsp3) is 0.333. The third-order valence-corrected chi connectivity index (χ3v) is 2.14. The summed E-state index contributed by atoms with van der Waals surface area (Å²) < 4.78 is 44.7. The van der Waals surface area contributed by atoms with Crippen LogP contribution in [0.25, 0.3) is 0 Å². The first-order chi connectivity index (χ1) is 8.78. The topological polar surface area (TPSA) is 59.3 Å². The molecule has 0 fully saturated rings. The maximum atomic E-state index is 12.1. The fourth-order valence-electron chi connectivity index (χ4n) is 1.51. The molecule has 4 nitrogen and oxygen atoms in total. The molecule has 102 valence electrons. The Kier molecular flexibility index (Phi) is 4.38. The molecule has 7 heteroatoms. The SMILES string of the molecule is CCOC(=O)c1c(C)cc(OC(F)(F)F)cc1C#N. The van der Waals surface area contributed by atoms with Crippen molar-refractivity contribution in [1.82, 2.24) is 0 Å². The molecule has 0 aromatic heterocycles. The first-order valence-electron chi connectivity index (χ1n) is 5.26. The van der Waals surface area contributed by atoms with Crippen LogP contribution in [0.3, 0.4) is 0 Å². The lowest BCUT2D eigenvalue weighted by Crippen LogP contribution is -2.18. The number of hydrogen-bond donors (Lipinski definition) is 0. The lowest BCUT2D eigenvalue weighted by molar-refractivity contribution is -0.274. The standard InChI is InChI=1S/C12H10F3NO3/c1-3-18-11(17)10-7(2)4-9(5-8(10)6-16)19-12(13,14)15/h4-5H,3H2,1-2H3. The minimum atomic E-state index is -4.86. The highest BCUT2D eigenvalue weighted by atomic mass is 19.4. The fourth-order valence-corrected chi connectivity index (χ4v) is 1.51. The van der Waals surface area contributed by atoms with Crippen LogP contribution in [0, 0.1) is 18.3 Å². The first kappa shape index (κ1) is 14.8. The summed E-state index contributed by atoms with van der Waals surface area (Å²) in [6, 6.07) is 3.54. The molecule has 0 heterocycles. The molecule has 1 aromatic carbocycles. The predicted octanol–water partition coefficient (Wildman–Crippen LogP) is 2.94. The summed E-state index contributed by atoms with van der Waals surface area (Å²) in [5.74, 6) is -1.30. The number of halogens is 3. The number of nitriles is 1. The molecule has 0 bridgehead atoms. The van der Waals surface area contributed by atoms with Crippen LogP contribution in [0.5, 0.6) is 5.75 Å². The van der Waals surface area contributed by atoms with E-state index in [1.807, 2.05) is 0 Å². The number of benzene rings is 1. The van der Waals surface area contributed by atoms with Crippen molar-refractivity contribution in [2.24, 2.45) is 0 Å². The number of rotatable bonds is 3. The Morgan fingerprint density at radius 3 is 2.53 bits per heavy atom. The molecule has 0 saturated heterocycles. The number of carbonyl (C=O) groups is 1. The quantitative estimate of drug-likeness (QED) is 0.794. The summed E-state index contributed by atoms with van der Waals surface area (Å²) in [6.45, 7) is 3.08. The molecule has 0 spiro atoms. The van der Waals surface area contributed by atoms with Crippen molar-refractivity contribution in [3.8, 4) is 11.8 Å². The average Bonchev–Trinajstić information content (AvgIpc) is 2.25. The van der Waals surface area contributed by atoms with Crippen molar-refractivity contribution in [2.45, 2.75) is 20.2 Å². The van der Waals surface area contributed by atoms with Crippen molar-refractivity contribution in [3.05, 3.63) is 28.8 Å². The second kappa shape index (κ2) is 5.61. The molecule has 19 heavy (non-hydrogen) atoms. The molecule has 0 saturated carbocycles. The number of nitrogens with zero attached hydrogens (tertiary/aromatic N) is 1. The Balaban J connectivity index is 3.23. The molecule has 0 aliphatic heterocycles. The van der Waals surface area contributed by atoms with E-state index in [9.17, 15) is 18.0 Å². The van der Waals surface area contributed by atoms with Gasteiger partial charge in [-0.2, -0.15) is 5.26 Å². The van der Waals surface area contributed by atoms with Crippen molar-refractivity contribution >= 4 is 5.97 Å². The molecular weight excluding hydrogens is 263 g/mol. The van der Waals surface area contributed by atoms with Crippen LogP contribution in [-0.2, 0) is 4.74 Å². The molecule has 0 N–H and O–H groups in total. The lowest BCUT2D eigenvalue weighted by atomic mass is 10.0. The van der Waals surface area contributed by atoms with E-state index in [2.05, 4.69) is 4.74 Å². The van der Waals surface area contributed by atoms with Gasteiger partial charge in [-0.15, -0.1) is 13.2 Å². The van der Waals surface area contributed by atoms with Gasteiger partial charge in [0.25, 0.3) is 0 Å². The average molecular weight is 273 g/mol. The van der Waals surface area contributed by atoms with Crippen LogP contribution in [0.4, 0.5) is 13.2 Å². The van der Waals surface area contributed by atoms with Crippen LogP contribution < -0.4 is 4.74 Å². The highest BCUT2D eigenvalue weighted by Gasteiger charge is 2.32. The molecule has 0 atom stereocenters. The van der Waals surface area contributed by atoms with Gasteiger partial charge in [0.15, 0.2) is 0 Å². The smallest absolute Gasteiger partial charge is 0.462 e. The van der Waals surface area contributed by atoms with Crippen molar-refractivity contribution < 1.29 is 27.4 Å². The second-order valence-electron chi connectivity index (χ2n) is 3.54. The Morgan fingerprint density at radius 2 is 2.05 bits per heavy atom. The Morgan fingerprint density at radius 1 is 1.42 bits per heavy atom. The Hall–Kier alpha value is -2.23. The van der Waals surface area contributed by atoms with Gasteiger partial charge in [-0.05, 0) is 31.5 Å². The summed E-state index contributed by atoms with van der Waals surface area (Å²) in [6.07, 6.45) is -4.86. The van der Waals surface area contributed by atoms with Crippen LogP contribution in [0.1, 0.15) is 28.4 Å². The summed E-state index contributed by atoms with van der Waals surface area (Å²) >= 11 is 0. The van der Waals surface area contributed by atoms with Crippen molar-refractivity contribution in [3.63, 3.8) is 0 Å². The highest BCUT2D eigenvalue weighted by molar-refractivity contribution is 5.94. The summed E-state index contributed by atoms with van der Waals surface area (Å²) in [5.41, 5.74) is -0.103. The van der Waals surface area contributed by atoms with Gasteiger partial charge in [-0.25, -0.2) is 4.79 Å². The van der Waals surface area contributed by atoms with Crippen LogP contribution in [0.15, 0.2) is 12.1 Å². The molecule has 0 unspecified atom stereocenters. The molecule has 0 radical (unpaired) electrons. The summed E-state index contributed by atoms with van der Waals surface area (Å²) in [5, 5.41) is 8.89. The van der Waals surface area contributed by atoms with Crippen LogP contribution in [-0.4, -0.2) is 18.9 Å². The van der Waals surface area contributed by atoms with E-state index in [4.69, 9.17) is 10.00 Å². The van der Waals surface area contributed by atoms with Gasteiger partial charge in [-0.3, -0.25) is 0 Å². The Labute approximate surface area is 107 Å². The van der Waals surface area contributed by atoms with Gasteiger partial charge in [-0.1, -0.05) is 0 Å². The van der Waals surface area contributed by atoms with Gasteiger partial charge in [0.05, 0.1) is 17.7 Å². The van der Waals surface area contributed by atoms with Gasteiger partial charge in [0, 0.05) is 0 Å². The van der Waals surface area contributed by atoms with Gasteiger partial charge in [0.1, 0.15) is 11.8 Å². The van der Waals surface area contributed by atoms with Crippen molar-refractivity contribution in [2.75, 3.05) is 6.61 Å². The lowest BCUT2D eigenvalue weighted by Gasteiger charge is -2.12. The number of ether oxygens (including phenoxy) is 2. The minimum Gasteiger partial charge on any atom is -0.462 e. The van der Waals surface area contributed by atoms with Gasteiger partial charge >= 0.3 is 12.3 Å². The first-order valence-corrected chi connectivity index (χ1v) is 5.26. The molecule has 1 rings (SSSR count). The maximum Gasteiger partial charge on any atom is 0.573 e. The zero-order chi connectivity index (χ0) is 14.6. The van der Waals surface area contributed by atoms with Crippen molar-refractivity contribution in [1.29, 1.82) is 5.26 Å². The monoisotopic (exact) mass is 273 g/mol. The minimum absolute atomic E-state index is 0.0566. The number of aryl methyl sites for hydroxylation is 1. The normalized spacial score (nSPS) is 10.7. The van der Waals surface area contributed by atoms with E-state index in [1.54, 1.807) is 13.0 Å². The predicted molar refractivity (Wildman–Crippen MR) is 58.5 cm³/mol. The van der Waals surface area contributed by atoms with E-state index in [-0.39, 0.29) is 23.3 Å². The zero-order valence-corrected chi connectivity index (χ0v) is 10.2. The molecule has 0 aliphatic rings. The number of alkyl halides is 3. The molecule has 0 aliphatic carbocycles. The number of carbonyl (C=O) groups excluding carboxylic acids is 1. The number of esters is 1. The van der Waals surface area contributed by atoms with E-state index < -0.39 is 18.1 Å². The summed E-state index contributed by atoms with van der Waals surface area (Å²) in [7, 11) is 0. The maximum absolute atomic E-state index is 12.1. The third-order valence-electron chi connectivity index (χ3n) is 2.14. The molecule has 1 aromatic rings. The third kappa shape index (κ3) is 3.88. The van der Waals surface area contributed by atoms with E-state index >= 15 is 0 Å². The van der Waals surface area contributed by atoms with E-state index in [1.165, 1.54) is 6.92 Å². The number of hydrogen-bond acceptors (Lipinski definition) is 4. The van der Waals surface area contributed by atoms with Gasteiger partial charge in [0.2, 0.25) is 0 Å². The van der Waals surface area contributed by atoms with Crippen LogP contribution >= 0.6 is 0 Å².